The summed E-state index contributed by atoms with van der Waals surface area (Å²) in [6.45, 7) is 1.43. The van der Waals surface area contributed by atoms with E-state index in [4.69, 9.17) is 4.74 Å². The first-order valence-corrected chi connectivity index (χ1v) is 9.86. The first kappa shape index (κ1) is 21.4. The van der Waals surface area contributed by atoms with Gasteiger partial charge in [-0.2, -0.15) is 0 Å². The lowest BCUT2D eigenvalue weighted by molar-refractivity contribution is -0.165. The Balaban J connectivity index is 1.65. The minimum Gasteiger partial charge on any atom is -0.475 e. The summed E-state index contributed by atoms with van der Waals surface area (Å²) in [6, 6.07) is 14.4. The van der Waals surface area contributed by atoms with Gasteiger partial charge in [-0.1, -0.05) is 24.3 Å². The van der Waals surface area contributed by atoms with Crippen molar-refractivity contribution >= 4 is 17.5 Å². The lowest BCUT2D eigenvalue weighted by atomic mass is 9.89. The molecule has 3 aromatic carbocycles. The maximum absolute atomic E-state index is 14.6. The maximum atomic E-state index is 14.6. The van der Waals surface area contributed by atoms with E-state index in [1.54, 1.807) is 30.3 Å². The molecule has 5 nitrogen and oxygen atoms in total. The number of hydrogen-bond donors (Lipinski definition) is 1. The molecule has 4 rings (SSSR count). The molecule has 2 amide bonds. The van der Waals surface area contributed by atoms with Crippen LogP contribution in [0.1, 0.15) is 24.1 Å². The predicted octanol–water partition coefficient (Wildman–Crippen LogP) is 4.59. The topological polar surface area (TPSA) is 58.6 Å². The molecule has 1 aliphatic heterocycles. The second-order valence-corrected chi connectivity index (χ2v) is 7.43. The lowest BCUT2D eigenvalue weighted by Gasteiger charge is -2.46. The number of likely N-dealkylation sites (tertiary alicyclic amines) is 1. The number of rotatable bonds is 6. The highest BCUT2D eigenvalue weighted by Gasteiger charge is 2.51. The van der Waals surface area contributed by atoms with Crippen molar-refractivity contribution in [2.24, 2.45) is 0 Å². The summed E-state index contributed by atoms with van der Waals surface area (Å²) in [7, 11) is 0. The molecule has 0 aromatic heterocycles. The fourth-order valence-corrected chi connectivity index (χ4v) is 3.70. The summed E-state index contributed by atoms with van der Waals surface area (Å²) in [5.41, 5.74) is 1.13. The zero-order valence-corrected chi connectivity index (χ0v) is 17.0. The molecule has 32 heavy (non-hydrogen) atoms. The second-order valence-electron chi connectivity index (χ2n) is 7.43. The van der Waals surface area contributed by atoms with Crippen LogP contribution in [-0.2, 0) is 16.1 Å². The smallest absolute Gasteiger partial charge is 0.267 e. The molecule has 0 spiro atoms. The molecule has 1 N–H and O–H groups in total. The van der Waals surface area contributed by atoms with Gasteiger partial charge in [-0.15, -0.1) is 0 Å². The number of β-lactam (4-membered cyclic amide) rings is 1. The van der Waals surface area contributed by atoms with Gasteiger partial charge in [0.25, 0.3) is 5.91 Å². The van der Waals surface area contributed by atoms with E-state index in [1.807, 2.05) is 0 Å². The Morgan fingerprint density at radius 2 is 1.78 bits per heavy atom. The third-order valence-corrected chi connectivity index (χ3v) is 5.12. The van der Waals surface area contributed by atoms with Crippen molar-refractivity contribution < 1.29 is 27.5 Å². The molecule has 1 aliphatic rings. The van der Waals surface area contributed by atoms with Crippen molar-refractivity contribution in [3.05, 3.63) is 95.3 Å². The Hall–Kier alpha value is -3.81. The number of amides is 2. The van der Waals surface area contributed by atoms with Crippen LogP contribution < -0.4 is 10.1 Å². The van der Waals surface area contributed by atoms with Crippen LogP contribution in [0, 0.1) is 17.5 Å². The molecule has 1 heterocycles. The van der Waals surface area contributed by atoms with Crippen LogP contribution in [-0.4, -0.2) is 22.8 Å². The van der Waals surface area contributed by atoms with Gasteiger partial charge in [0.2, 0.25) is 12.0 Å². The largest absolute Gasteiger partial charge is 0.475 e. The SMILES string of the molecule is CC(=O)Nc1cccc(CN2C(=O)[C@H](Oc3ccccc3F)[C@@H]2c2cc(F)ccc2F)c1. The number of ether oxygens (including phenoxy) is 1. The molecule has 164 valence electrons. The normalized spacial score (nSPS) is 17.6. The van der Waals surface area contributed by atoms with Gasteiger partial charge < -0.3 is 15.0 Å². The van der Waals surface area contributed by atoms with Gasteiger partial charge in [0.1, 0.15) is 17.7 Å². The minimum atomic E-state index is -1.22. The second kappa shape index (κ2) is 8.74. The fourth-order valence-electron chi connectivity index (χ4n) is 3.70. The number of hydrogen-bond acceptors (Lipinski definition) is 3. The third kappa shape index (κ3) is 4.30. The number of benzene rings is 3. The quantitative estimate of drug-likeness (QED) is 0.571. The molecular weight excluding hydrogens is 421 g/mol. The van der Waals surface area contributed by atoms with Crippen molar-refractivity contribution in [3.8, 4) is 5.75 Å². The van der Waals surface area contributed by atoms with Gasteiger partial charge in [-0.3, -0.25) is 9.59 Å². The van der Waals surface area contributed by atoms with Crippen molar-refractivity contribution in [2.75, 3.05) is 5.32 Å². The van der Waals surface area contributed by atoms with E-state index in [0.717, 1.165) is 18.2 Å². The van der Waals surface area contributed by atoms with E-state index < -0.39 is 35.5 Å². The Kier molecular flexibility index (Phi) is 5.85. The predicted molar refractivity (Wildman–Crippen MR) is 111 cm³/mol. The van der Waals surface area contributed by atoms with Crippen LogP contribution in [0.5, 0.6) is 5.75 Å². The molecule has 2 atom stereocenters. The number of halogens is 3. The minimum absolute atomic E-state index is 0.0595. The summed E-state index contributed by atoms with van der Waals surface area (Å²) in [6.07, 6.45) is -1.22. The molecule has 0 aliphatic carbocycles. The Labute approximate surface area is 182 Å². The van der Waals surface area contributed by atoms with Crippen LogP contribution >= 0.6 is 0 Å². The molecule has 0 radical (unpaired) electrons. The Bertz CT molecular complexity index is 1180. The van der Waals surface area contributed by atoms with Gasteiger partial charge in [0.15, 0.2) is 11.6 Å². The number of nitrogens with one attached hydrogen (secondary N) is 1. The highest BCUT2D eigenvalue weighted by atomic mass is 19.1. The van der Waals surface area contributed by atoms with Crippen molar-refractivity contribution in [3.63, 3.8) is 0 Å². The van der Waals surface area contributed by atoms with Gasteiger partial charge in [0, 0.05) is 24.7 Å². The summed E-state index contributed by atoms with van der Waals surface area (Å²) in [4.78, 5) is 25.6. The summed E-state index contributed by atoms with van der Waals surface area (Å²) < 4.78 is 48.2. The van der Waals surface area contributed by atoms with E-state index in [-0.39, 0.29) is 23.8 Å². The van der Waals surface area contributed by atoms with Gasteiger partial charge in [-0.25, -0.2) is 13.2 Å². The van der Waals surface area contributed by atoms with Gasteiger partial charge in [-0.05, 0) is 48.0 Å². The number of anilines is 1. The Morgan fingerprint density at radius 3 is 2.53 bits per heavy atom. The Morgan fingerprint density at radius 1 is 1.00 bits per heavy atom. The van der Waals surface area contributed by atoms with E-state index in [2.05, 4.69) is 5.32 Å². The van der Waals surface area contributed by atoms with Crippen LogP contribution in [0.2, 0.25) is 0 Å². The van der Waals surface area contributed by atoms with Crippen molar-refractivity contribution in [2.45, 2.75) is 25.6 Å². The maximum Gasteiger partial charge on any atom is 0.267 e. The summed E-state index contributed by atoms with van der Waals surface area (Å²) in [5, 5.41) is 2.65. The van der Waals surface area contributed by atoms with Gasteiger partial charge >= 0.3 is 0 Å². The molecule has 0 bridgehead atoms. The number of para-hydroxylation sites is 1. The van der Waals surface area contributed by atoms with Crippen LogP contribution in [0.4, 0.5) is 18.9 Å². The van der Waals surface area contributed by atoms with E-state index >= 15 is 0 Å². The van der Waals surface area contributed by atoms with E-state index in [0.29, 0.717) is 11.3 Å². The molecular formula is C24H19F3N2O3. The average Bonchev–Trinajstić information content (AvgIpc) is 2.75. The summed E-state index contributed by atoms with van der Waals surface area (Å²) in [5.74, 6) is -2.94. The number of carbonyl (C=O) groups is 2. The molecule has 1 saturated heterocycles. The zero-order valence-electron chi connectivity index (χ0n) is 17.0. The number of carbonyl (C=O) groups excluding carboxylic acids is 2. The van der Waals surface area contributed by atoms with E-state index in [1.165, 1.54) is 30.0 Å². The zero-order chi connectivity index (χ0) is 22.8. The van der Waals surface area contributed by atoms with Crippen LogP contribution in [0.15, 0.2) is 66.7 Å². The summed E-state index contributed by atoms with van der Waals surface area (Å²) >= 11 is 0. The van der Waals surface area contributed by atoms with Crippen LogP contribution in [0.25, 0.3) is 0 Å². The molecule has 1 fully saturated rings. The standard InChI is InChI=1S/C24H19F3N2O3/c1-14(30)28-17-6-4-5-15(11-17)13-29-22(18-12-16(25)9-10-19(18)26)23(24(29)31)32-21-8-3-2-7-20(21)27/h2-12,22-23H,13H2,1H3,(H,28,30)/t22-,23+/m0/s1. The van der Waals surface area contributed by atoms with Crippen molar-refractivity contribution in [1.29, 1.82) is 0 Å². The lowest BCUT2D eigenvalue weighted by Crippen LogP contribution is -2.61. The molecule has 0 unspecified atom stereocenters. The highest BCUT2D eigenvalue weighted by Crippen LogP contribution is 2.40. The monoisotopic (exact) mass is 440 g/mol. The van der Waals surface area contributed by atoms with Gasteiger partial charge in [0.05, 0.1) is 0 Å². The molecule has 0 saturated carbocycles. The van der Waals surface area contributed by atoms with Crippen molar-refractivity contribution in [1.82, 2.24) is 4.90 Å². The van der Waals surface area contributed by atoms with Crippen LogP contribution in [0.3, 0.4) is 0 Å². The number of nitrogens with zero attached hydrogens (tertiary/aromatic N) is 1. The average molecular weight is 440 g/mol. The first-order valence-electron chi connectivity index (χ1n) is 9.86. The van der Waals surface area contributed by atoms with E-state index in [9.17, 15) is 22.8 Å². The highest BCUT2D eigenvalue weighted by molar-refractivity contribution is 5.90. The first-order chi connectivity index (χ1) is 15.3. The molecule has 3 aromatic rings. The fraction of sp³-hybridized carbons (Fsp3) is 0.167. The third-order valence-electron chi connectivity index (χ3n) is 5.12. The molecule has 8 heteroatoms.